The Morgan fingerprint density at radius 3 is 2.76 bits per heavy atom. The quantitative estimate of drug-likeness (QED) is 0.638. The summed E-state index contributed by atoms with van der Waals surface area (Å²) in [5.74, 6) is -0.206. The first-order chi connectivity index (χ1) is 8.18. The van der Waals surface area contributed by atoms with Crippen molar-refractivity contribution in [3.63, 3.8) is 0 Å². The van der Waals surface area contributed by atoms with Gasteiger partial charge in [-0.3, -0.25) is 4.40 Å². The lowest BCUT2D eigenvalue weighted by molar-refractivity contribution is 0.630. The van der Waals surface area contributed by atoms with Crippen molar-refractivity contribution in [1.82, 2.24) is 9.38 Å². The lowest BCUT2D eigenvalue weighted by atomic mass is 10.1. The lowest BCUT2D eigenvalue weighted by Gasteiger charge is -2.04. The molecule has 0 aliphatic rings. The van der Waals surface area contributed by atoms with E-state index in [2.05, 4.69) is 4.98 Å². The van der Waals surface area contributed by atoms with Crippen LogP contribution in [-0.2, 0) is 0 Å². The van der Waals surface area contributed by atoms with E-state index in [9.17, 15) is 4.39 Å². The number of rotatable bonds is 1. The van der Waals surface area contributed by atoms with E-state index in [1.54, 1.807) is 23.5 Å². The highest BCUT2D eigenvalue weighted by Crippen LogP contribution is 2.30. The molecule has 0 saturated carbocycles. The molecule has 0 unspecified atom stereocenters. The highest BCUT2D eigenvalue weighted by atomic mass is 32.1. The Hall–Kier alpha value is -1.68. The highest BCUT2D eigenvalue weighted by Gasteiger charge is 2.16. The van der Waals surface area contributed by atoms with Crippen LogP contribution in [0.2, 0.25) is 0 Å². The third-order valence-electron chi connectivity index (χ3n) is 2.84. The fourth-order valence-corrected chi connectivity index (χ4v) is 2.98. The molecule has 17 heavy (non-hydrogen) atoms. The van der Waals surface area contributed by atoms with Gasteiger partial charge in [0.25, 0.3) is 0 Å². The smallest absolute Gasteiger partial charge is 0.194 e. The summed E-state index contributed by atoms with van der Waals surface area (Å²) in [6.45, 7) is 3.93. The van der Waals surface area contributed by atoms with Gasteiger partial charge in [-0.1, -0.05) is 12.1 Å². The van der Waals surface area contributed by atoms with E-state index in [1.165, 1.54) is 6.07 Å². The van der Waals surface area contributed by atoms with Gasteiger partial charge in [-0.15, -0.1) is 11.3 Å². The molecule has 0 radical (unpaired) electrons. The summed E-state index contributed by atoms with van der Waals surface area (Å²) in [5, 5.41) is 2.03. The van der Waals surface area contributed by atoms with Crippen molar-refractivity contribution in [3.8, 4) is 11.3 Å². The first-order valence-corrected chi connectivity index (χ1v) is 6.24. The Balaban J connectivity index is 2.40. The van der Waals surface area contributed by atoms with Crippen molar-refractivity contribution in [1.29, 1.82) is 0 Å². The molecule has 0 N–H and O–H groups in total. The van der Waals surface area contributed by atoms with Crippen LogP contribution < -0.4 is 0 Å². The van der Waals surface area contributed by atoms with Gasteiger partial charge in [-0.25, -0.2) is 9.37 Å². The molecule has 2 aromatic heterocycles. The second kappa shape index (κ2) is 3.67. The molecular weight excluding hydrogens is 235 g/mol. The first-order valence-electron chi connectivity index (χ1n) is 5.36. The van der Waals surface area contributed by atoms with Crippen molar-refractivity contribution in [2.24, 2.45) is 0 Å². The van der Waals surface area contributed by atoms with E-state index < -0.39 is 0 Å². The molecule has 3 aromatic rings. The summed E-state index contributed by atoms with van der Waals surface area (Å²) >= 11 is 1.58. The zero-order chi connectivity index (χ0) is 12.0. The number of fused-ring (bicyclic) bond motifs is 1. The summed E-state index contributed by atoms with van der Waals surface area (Å²) < 4.78 is 15.9. The van der Waals surface area contributed by atoms with Crippen LogP contribution in [0.3, 0.4) is 0 Å². The maximum absolute atomic E-state index is 13.9. The van der Waals surface area contributed by atoms with Crippen LogP contribution >= 0.6 is 11.3 Å². The number of nitrogens with zero attached hydrogens (tertiary/aromatic N) is 2. The number of halogens is 1. The van der Waals surface area contributed by atoms with E-state index in [0.717, 1.165) is 22.0 Å². The third kappa shape index (κ3) is 1.48. The zero-order valence-electron chi connectivity index (χ0n) is 9.57. The average molecular weight is 246 g/mol. The summed E-state index contributed by atoms with van der Waals surface area (Å²) in [7, 11) is 0. The van der Waals surface area contributed by atoms with Crippen LogP contribution in [-0.4, -0.2) is 9.38 Å². The molecule has 0 saturated heterocycles. The summed E-state index contributed by atoms with van der Waals surface area (Å²) in [4.78, 5) is 5.38. The highest BCUT2D eigenvalue weighted by molar-refractivity contribution is 7.15. The Labute approximate surface area is 102 Å². The maximum atomic E-state index is 13.9. The minimum Gasteiger partial charge on any atom is -0.287 e. The summed E-state index contributed by atoms with van der Waals surface area (Å²) in [6, 6.07) is 6.82. The predicted octanol–water partition coefficient (Wildman–Crippen LogP) is 3.82. The van der Waals surface area contributed by atoms with Gasteiger partial charge in [0.1, 0.15) is 5.82 Å². The van der Waals surface area contributed by atoms with E-state index in [4.69, 9.17) is 0 Å². The number of hydrogen-bond acceptors (Lipinski definition) is 2. The van der Waals surface area contributed by atoms with Gasteiger partial charge in [0.2, 0.25) is 0 Å². The number of hydrogen-bond donors (Lipinski definition) is 0. The molecule has 0 bridgehead atoms. The molecule has 0 aliphatic carbocycles. The minimum absolute atomic E-state index is 0.206. The van der Waals surface area contributed by atoms with Gasteiger partial charge in [0.15, 0.2) is 4.96 Å². The standard InChI is InChI=1S/C13H11FN2S/c1-8-7-17-13-15-9(2)12(16(8)13)10-5-3-4-6-11(10)14/h3-7H,1-2H3. The van der Waals surface area contributed by atoms with Gasteiger partial charge < -0.3 is 0 Å². The number of aromatic nitrogens is 2. The topological polar surface area (TPSA) is 17.3 Å². The van der Waals surface area contributed by atoms with E-state index in [-0.39, 0.29) is 5.82 Å². The van der Waals surface area contributed by atoms with Crippen molar-refractivity contribution < 1.29 is 4.39 Å². The van der Waals surface area contributed by atoms with Crippen molar-refractivity contribution in [2.75, 3.05) is 0 Å². The average Bonchev–Trinajstić information content (AvgIpc) is 2.80. The normalized spacial score (nSPS) is 11.2. The molecule has 3 rings (SSSR count). The lowest BCUT2D eigenvalue weighted by Crippen LogP contribution is -1.92. The molecule has 0 atom stereocenters. The number of aryl methyl sites for hydroxylation is 2. The van der Waals surface area contributed by atoms with Crippen molar-refractivity contribution >= 4 is 16.3 Å². The van der Waals surface area contributed by atoms with E-state index in [1.807, 2.05) is 29.7 Å². The molecule has 2 nitrogen and oxygen atoms in total. The van der Waals surface area contributed by atoms with Gasteiger partial charge >= 0.3 is 0 Å². The Morgan fingerprint density at radius 2 is 2.00 bits per heavy atom. The van der Waals surface area contributed by atoms with Crippen molar-refractivity contribution in [3.05, 3.63) is 46.9 Å². The number of imidazole rings is 1. The third-order valence-corrected chi connectivity index (χ3v) is 3.78. The zero-order valence-corrected chi connectivity index (χ0v) is 10.4. The molecule has 86 valence electrons. The molecule has 0 spiro atoms. The number of benzene rings is 1. The van der Waals surface area contributed by atoms with Crippen LogP contribution in [0.4, 0.5) is 4.39 Å². The van der Waals surface area contributed by atoms with Crippen LogP contribution in [0.15, 0.2) is 29.6 Å². The monoisotopic (exact) mass is 246 g/mol. The molecule has 4 heteroatoms. The summed E-state index contributed by atoms with van der Waals surface area (Å²) in [6.07, 6.45) is 0. The van der Waals surface area contributed by atoms with Crippen LogP contribution in [0, 0.1) is 19.7 Å². The van der Waals surface area contributed by atoms with Gasteiger partial charge in [-0.2, -0.15) is 0 Å². The van der Waals surface area contributed by atoms with Gasteiger partial charge in [0, 0.05) is 16.6 Å². The largest absolute Gasteiger partial charge is 0.287 e. The van der Waals surface area contributed by atoms with E-state index in [0.29, 0.717) is 5.56 Å². The Bertz CT molecular complexity index is 697. The SMILES string of the molecule is Cc1nc2scc(C)n2c1-c1ccccc1F. The Morgan fingerprint density at radius 1 is 1.24 bits per heavy atom. The van der Waals surface area contributed by atoms with Crippen LogP contribution in [0.1, 0.15) is 11.4 Å². The van der Waals surface area contributed by atoms with Gasteiger partial charge in [-0.05, 0) is 26.0 Å². The fourth-order valence-electron chi connectivity index (χ4n) is 2.07. The maximum Gasteiger partial charge on any atom is 0.194 e. The van der Waals surface area contributed by atoms with Crippen LogP contribution in [0.5, 0.6) is 0 Å². The predicted molar refractivity (Wildman–Crippen MR) is 67.9 cm³/mol. The van der Waals surface area contributed by atoms with Crippen molar-refractivity contribution in [2.45, 2.75) is 13.8 Å². The second-order valence-electron chi connectivity index (χ2n) is 4.02. The number of thiazole rings is 1. The molecule has 2 heterocycles. The van der Waals surface area contributed by atoms with E-state index >= 15 is 0 Å². The summed E-state index contributed by atoms with van der Waals surface area (Å²) in [5.41, 5.74) is 3.42. The molecule has 0 amide bonds. The molecule has 1 aromatic carbocycles. The van der Waals surface area contributed by atoms with Gasteiger partial charge in [0.05, 0.1) is 11.4 Å². The second-order valence-corrected chi connectivity index (χ2v) is 4.86. The first kappa shape index (κ1) is 10.5. The molecule has 0 aliphatic heterocycles. The molecular formula is C13H11FN2S. The molecule has 0 fully saturated rings. The van der Waals surface area contributed by atoms with Crippen LogP contribution in [0.25, 0.3) is 16.2 Å². The minimum atomic E-state index is -0.206. The fraction of sp³-hybridized carbons (Fsp3) is 0.154. The Kier molecular flexibility index (Phi) is 2.26.